The van der Waals surface area contributed by atoms with Crippen molar-refractivity contribution < 1.29 is 33.1 Å². The smallest absolute Gasteiger partial charge is 0.320 e. The summed E-state index contributed by atoms with van der Waals surface area (Å²) < 4.78 is 26.0. The molecule has 0 radical (unpaired) electrons. The van der Waals surface area contributed by atoms with Crippen molar-refractivity contribution >= 4 is 17.8 Å². The van der Waals surface area contributed by atoms with E-state index in [9.17, 15) is 14.0 Å². The molecule has 2 atom stereocenters. The van der Waals surface area contributed by atoms with Gasteiger partial charge in [-0.1, -0.05) is 18.2 Å². The molecule has 0 bridgehead atoms. The van der Waals surface area contributed by atoms with Crippen molar-refractivity contribution in [1.29, 1.82) is 0 Å². The van der Waals surface area contributed by atoms with Gasteiger partial charge in [-0.05, 0) is 42.8 Å². The molecule has 1 saturated heterocycles. The van der Waals surface area contributed by atoms with E-state index >= 15 is 0 Å². The third-order valence-electron chi connectivity index (χ3n) is 7.08. The van der Waals surface area contributed by atoms with E-state index in [1.54, 1.807) is 35.9 Å². The number of methoxy groups -OCH3 is 2. The van der Waals surface area contributed by atoms with Crippen molar-refractivity contribution in [2.75, 3.05) is 46.3 Å². The Morgan fingerprint density at radius 3 is 2.62 bits per heavy atom. The highest BCUT2D eigenvalue weighted by atomic mass is 19.1. The predicted octanol–water partition coefficient (Wildman–Crippen LogP) is 3.20. The van der Waals surface area contributed by atoms with Crippen molar-refractivity contribution in [2.45, 2.75) is 19.1 Å². The van der Waals surface area contributed by atoms with Crippen LogP contribution >= 0.6 is 0 Å². The number of benzene rings is 1. The molecule has 4 heterocycles. The number of hydrogen-bond donors (Lipinski definition) is 3. The molecule has 1 aliphatic heterocycles. The Hall–Kier alpha value is -4.96. The summed E-state index contributed by atoms with van der Waals surface area (Å²) in [6, 6.07) is 12.7. The van der Waals surface area contributed by atoms with Crippen LogP contribution in [-0.4, -0.2) is 83.8 Å². The van der Waals surface area contributed by atoms with Crippen LogP contribution < -0.4 is 20.9 Å². The number of nitrogens with one attached hydrogen (secondary N) is 3. The first-order valence-electron chi connectivity index (χ1n) is 13.9. The lowest BCUT2D eigenvalue weighted by Gasteiger charge is -2.19. The van der Waals surface area contributed by atoms with Crippen LogP contribution in [0.2, 0.25) is 0 Å². The number of halogens is 1. The maximum atomic E-state index is 14.0. The minimum Gasteiger partial charge on any atom is -0.480 e. The molecule has 0 unspecified atom stereocenters. The van der Waals surface area contributed by atoms with Crippen molar-refractivity contribution in [3.8, 4) is 22.8 Å². The SMILES string of the molecule is COCCN1C[C@@H](NC(=O)Nc2c(C)c(-c3cnc(OC)c(C(=O)NOC)c3)nn2-c2ccccc2)[C@H](c2ccnc(F)c2)O1. The van der Waals surface area contributed by atoms with Gasteiger partial charge in [-0.3, -0.25) is 19.8 Å². The van der Waals surface area contributed by atoms with Crippen molar-refractivity contribution in [1.82, 2.24) is 35.6 Å². The van der Waals surface area contributed by atoms with Crippen LogP contribution in [0.1, 0.15) is 27.6 Å². The van der Waals surface area contributed by atoms with Crippen LogP contribution in [0, 0.1) is 12.9 Å². The summed E-state index contributed by atoms with van der Waals surface area (Å²) in [5, 5.41) is 12.4. The summed E-state index contributed by atoms with van der Waals surface area (Å²) in [5.41, 5.74) is 5.20. The molecular formula is C30H33FN8O6. The summed E-state index contributed by atoms with van der Waals surface area (Å²) in [6.45, 7) is 2.98. The first-order valence-corrected chi connectivity index (χ1v) is 13.9. The third kappa shape index (κ3) is 7.07. The summed E-state index contributed by atoms with van der Waals surface area (Å²) in [6.07, 6.45) is 2.22. The lowest BCUT2D eigenvalue weighted by molar-refractivity contribution is -0.154. The molecule has 0 aliphatic carbocycles. The van der Waals surface area contributed by atoms with Gasteiger partial charge in [-0.2, -0.15) is 14.6 Å². The first kappa shape index (κ1) is 31.5. The second kappa shape index (κ2) is 14.2. The molecule has 236 valence electrons. The van der Waals surface area contributed by atoms with Crippen LogP contribution in [0.3, 0.4) is 0 Å². The van der Waals surface area contributed by atoms with Gasteiger partial charge in [0, 0.05) is 43.7 Å². The van der Waals surface area contributed by atoms with Crippen LogP contribution in [0.4, 0.5) is 15.0 Å². The van der Waals surface area contributed by atoms with Gasteiger partial charge in [0.05, 0.1) is 38.2 Å². The van der Waals surface area contributed by atoms with Gasteiger partial charge in [0.1, 0.15) is 17.5 Å². The summed E-state index contributed by atoms with van der Waals surface area (Å²) in [4.78, 5) is 44.9. The molecule has 15 heteroatoms. The van der Waals surface area contributed by atoms with E-state index in [0.29, 0.717) is 53.6 Å². The molecular weight excluding hydrogens is 587 g/mol. The second-order valence-electron chi connectivity index (χ2n) is 10.0. The van der Waals surface area contributed by atoms with E-state index in [-0.39, 0.29) is 11.4 Å². The molecule has 0 saturated carbocycles. The molecule has 3 aromatic heterocycles. The number of hydrogen-bond acceptors (Lipinski definition) is 10. The number of carbonyl (C=O) groups excluding carboxylic acids is 2. The summed E-state index contributed by atoms with van der Waals surface area (Å²) >= 11 is 0. The Kier molecular flexibility index (Phi) is 9.94. The molecule has 4 aromatic rings. The number of para-hydroxylation sites is 1. The maximum Gasteiger partial charge on any atom is 0.320 e. The number of nitrogens with zero attached hydrogens (tertiary/aromatic N) is 5. The summed E-state index contributed by atoms with van der Waals surface area (Å²) in [5.74, 6) is -0.717. The molecule has 1 aromatic carbocycles. The molecule has 1 fully saturated rings. The average Bonchev–Trinajstić information content (AvgIpc) is 3.60. The maximum absolute atomic E-state index is 14.0. The minimum atomic E-state index is -0.664. The van der Waals surface area contributed by atoms with Crippen LogP contribution in [-0.2, 0) is 14.4 Å². The Morgan fingerprint density at radius 2 is 1.91 bits per heavy atom. The number of carbonyl (C=O) groups is 2. The molecule has 0 spiro atoms. The second-order valence-corrected chi connectivity index (χ2v) is 10.0. The van der Waals surface area contributed by atoms with E-state index in [2.05, 4.69) is 26.1 Å². The van der Waals surface area contributed by atoms with E-state index in [1.807, 2.05) is 30.3 Å². The topological polar surface area (TPSA) is 154 Å². The van der Waals surface area contributed by atoms with Gasteiger partial charge in [0.2, 0.25) is 11.8 Å². The Bertz CT molecular complexity index is 1650. The van der Waals surface area contributed by atoms with Gasteiger partial charge in [-0.25, -0.2) is 24.9 Å². The highest BCUT2D eigenvalue weighted by molar-refractivity contribution is 5.97. The summed E-state index contributed by atoms with van der Waals surface area (Å²) in [7, 11) is 4.31. The fourth-order valence-corrected chi connectivity index (χ4v) is 4.98. The standard InChI is InChI=1S/C30H33FN8O6/c1-18-25(20-14-22(28(40)37-44-4)29(43-3)33-16-20)36-39(21-8-6-5-7-9-21)27(18)35-30(41)34-23-17-38(12-13-42-2)45-26(23)19-10-11-32-24(31)15-19/h5-11,14-16,23,26H,12-13,17H2,1-4H3,(H,37,40)(H2,34,35,41)/t23-,26+/m1/s1. The third-order valence-corrected chi connectivity index (χ3v) is 7.08. The minimum absolute atomic E-state index is 0.105. The van der Waals surface area contributed by atoms with Crippen LogP contribution in [0.25, 0.3) is 16.9 Å². The number of urea groups is 1. The van der Waals surface area contributed by atoms with Gasteiger partial charge in [0.25, 0.3) is 5.91 Å². The zero-order valence-corrected chi connectivity index (χ0v) is 25.1. The average molecular weight is 621 g/mol. The lowest BCUT2D eigenvalue weighted by atomic mass is 10.0. The quantitative estimate of drug-likeness (QED) is 0.168. The first-order chi connectivity index (χ1) is 21.8. The van der Waals surface area contributed by atoms with Gasteiger partial charge in [0.15, 0.2) is 0 Å². The highest BCUT2D eigenvalue weighted by Crippen LogP contribution is 2.33. The normalized spacial score (nSPS) is 16.4. The zero-order chi connectivity index (χ0) is 31.9. The van der Waals surface area contributed by atoms with E-state index < -0.39 is 30.0 Å². The zero-order valence-electron chi connectivity index (χ0n) is 25.1. The van der Waals surface area contributed by atoms with Gasteiger partial charge in [-0.15, -0.1) is 0 Å². The van der Waals surface area contributed by atoms with Crippen molar-refractivity contribution in [3.63, 3.8) is 0 Å². The van der Waals surface area contributed by atoms with E-state index in [1.165, 1.54) is 32.7 Å². The van der Waals surface area contributed by atoms with Crippen molar-refractivity contribution in [3.05, 3.63) is 83.6 Å². The van der Waals surface area contributed by atoms with Crippen molar-refractivity contribution in [2.24, 2.45) is 0 Å². The number of anilines is 1. The Balaban J connectivity index is 1.46. The number of ether oxygens (including phenoxy) is 2. The molecule has 5 rings (SSSR count). The molecule has 45 heavy (non-hydrogen) atoms. The molecule has 1 aliphatic rings. The number of hydroxylamine groups is 3. The Morgan fingerprint density at radius 1 is 1.11 bits per heavy atom. The largest absolute Gasteiger partial charge is 0.480 e. The fourth-order valence-electron chi connectivity index (χ4n) is 4.98. The van der Waals surface area contributed by atoms with E-state index in [4.69, 9.17) is 24.2 Å². The molecule has 14 nitrogen and oxygen atoms in total. The lowest BCUT2D eigenvalue weighted by Crippen LogP contribution is -2.42. The fraction of sp³-hybridized carbons (Fsp3) is 0.300. The number of pyridine rings is 2. The highest BCUT2D eigenvalue weighted by Gasteiger charge is 2.37. The molecule has 3 amide bonds. The van der Waals surface area contributed by atoms with Crippen LogP contribution in [0.15, 0.2) is 60.9 Å². The Labute approximate surface area is 258 Å². The van der Waals surface area contributed by atoms with Gasteiger partial charge < -0.3 is 14.8 Å². The van der Waals surface area contributed by atoms with Crippen LogP contribution in [0.5, 0.6) is 5.88 Å². The number of rotatable bonds is 11. The van der Waals surface area contributed by atoms with E-state index in [0.717, 1.165) is 0 Å². The molecule has 3 N–H and O–H groups in total. The number of aromatic nitrogens is 4. The monoisotopic (exact) mass is 620 g/mol. The predicted molar refractivity (Wildman–Crippen MR) is 160 cm³/mol. The van der Waals surface area contributed by atoms with Gasteiger partial charge >= 0.3 is 6.03 Å². The number of amides is 3.